The molecule has 0 saturated heterocycles. The maximum atomic E-state index is 10.4. The molecule has 0 heterocycles. The molecule has 0 atom stereocenters. The molecule has 3 aromatic rings. The van der Waals surface area contributed by atoms with Crippen LogP contribution in [0.4, 0.5) is 0 Å². The number of hydrogen-bond donors (Lipinski definition) is 0. The zero-order valence-electron chi connectivity index (χ0n) is 25.2. The van der Waals surface area contributed by atoms with E-state index in [9.17, 15) is 10.5 Å². The largest absolute Gasteiger partial charge is 0.491 e. The Morgan fingerprint density at radius 3 is 1.24 bits per heavy atom. The zero-order chi connectivity index (χ0) is 29.8. The Hall–Kier alpha value is -3.06. The topological polar surface area (TPSA) is 66.0 Å². The van der Waals surface area contributed by atoms with E-state index in [1.54, 1.807) is 23.5 Å². The highest BCUT2D eigenvalue weighted by atomic mass is 32.2. The number of ether oxygens (including phenoxy) is 2. The Bertz CT molecular complexity index is 1180. The van der Waals surface area contributed by atoms with Crippen molar-refractivity contribution < 1.29 is 9.47 Å². The van der Waals surface area contributed by atoms with Crippen molar-refractivity contribution in [3.63, 3.8) is 0 Å². The average molecular weight is 601 g/mol. The predicted octanol–water partition coefficient (Wildman–Crippen LogP) is 11.2. The summed E-state index contributed by atoms with van der Waals surface area (Å²) in [6.07, 6.45) is 13.7. The van der Waals surface area contributed by atoms with Crippen LogP contribution in [0.1, 0.15) is 102 Å². The summed E-state index contributed by atoms with van der Waals surface area (Å²) < 4.78 is 12.9. The first-order valence-electron chi connectivity index (χ1n) is 15.5. The molecule has 0 aliphatic rings. The molecular formula is C36H44N2O2S2. The van der Waals surface area contributed by atoms with Crippen LogP contribution in [0.2, 0.25) is 0 Å². The SMILES string of the molecule is CCCCCCCCOc1c(C#N)c(C#N)c(OCCCCCCCC)c(Sc2ccccc2)c1Sc1ccccc1. The highest BCUT2D eigenvalue weighted by Crippen LogP contribution is 2.52. The molecule has 0 aliphatic heterocycles. The molecule has 0 unspecified atom stereocenters. The van der Waals surface area contributed by atoms with Crippen LogP contribution in [-0.4, -0.2) is 13.2 Å². The standard InChI is InChI=1S/C36H44N2O2S2/c1-3-5-7-9-11-19-25-39-33-31(27-37)32(28-38)34(40-26-20-12-10-8-6-4-2)36(42-30-23-17-14-18-24-30)35(33)41-29-21-15-13-16-22-29/h13-18,21-24H,3-12,19-20,25-26H2,1-2H3. The molecule has 0 spiro atoms. The van der Waals surface area contributed by atoms with E-state index in [1.807, 2.05) is 36.4 Å². The molecule has 222 valence electrons. The van der Waals surface area contributed by atoms with Gasteiger partial charge in [-0.3, -0.25) is 0 Å². The van der Waals surface area contributed by atoms with Crippen LogP contribution in [-0.2, 0) is 0 Å². The molecule has 3 aromatic carbocycles. The first-order valence-corrected chi connectivity index (χ1v) is 17.1. The molecule has 3 rings (SSSR count). The van der Waals surface area contributed by atoms with Crippen LogP contribution >= 0.6 is 23.5 Å². The number of benzene rings is 3. The second kappa shape index (κ2) is 20.0. The van der Waals surface area contributed by atoms with Gasteiger partial charge in [0.2, 0.25) is 0 Å². The van der Waals surface area contributed by atoms with Gasteiger partial charge in [0.15, 0.2) is 11.5 Å². The van der Waals surface area contributed by atoms with Crippen LogP contribution < -0.4 is 9.47 Å². The van der Waals surface area contributed by atoms with Gasteiger partial charge in [-0.2, -0.15) is 10.5 Å². The lowest BCUT2D eigenvalue weighted by Crippen LogP contribution is -2.08. The zero-order valence-corrected chi connectivity index (χ0v) is 26.8. The number of rotatable bonds is 20. The molecule has 0 bridgehead atoms. The van der Waals surface area contributed by atoms with E-state index >= 15 is 0 Å². The van der Waals surface area contributed by atoms with Gasteiger partial charge < -0.3 is 9.47 Å². The normalized spacial score (nSPS) is 10.7. The van der Waals surface area contributed by atoms with Crippen LogP contribution in [0.25, 0.3) is 0 Å². The van der Waals surface area contributed by atoms with Crippen LogP contribution in [0.15, 0.2) is 80.2 Å². The Morgan fingerprint density at radius 1 is 0.524 bits per heavy atom. The van der Waals surface area contributed by atoms with E-state index in [0.29, 0.717) is 24.7 Å². The summed E-state index contributed by atoms with van der Waals surface area (Å²) in [4.78, 5) is 3.73. The van der Waals surface area contributed by atoms with Crippen LogP contribution in [0.3, 0.4) is 0 Å². The van der Waals surface area contributed by atoms with Gasteiger partial charge in [-0.25, -0.2) is 0 Å². The smallest absolute Gasteiger partial charge is 0.153 e. The second-order valence-corrected chi connectivity index (χ2v) is 12.5. The molecule has 0 aromatic heterocycles. The van der Waals surface area contributed by atoms with Gasteiger partial charge in [0.05, 0.1) is 23.0 Å². The van der Waals surface area contributed by atoms with Gasteiger partial charge in [-0.1, -0.05) is 138 Å². The molecule has 0 saturated carbocycles. The Labute approximate surface area is 261 Å². The Balaban J connectivity index is 2.02. The van der Waals surface area contributed by atoms with Crippen molar-refractivity contribution in [2.24, 2.45) is 0 Å². The molecule has 42 heavy (non-hydrogen) atoms. The Morgan fingerprint density at radius 2 is 0.881 bits per heavy atom. The maximum absolute atomic E-state index is 10.4. The predicted molar refractivity (Wildman–Crippen MR) is 175 cm³/mol. The first-order chi connectivity index (χ1) is 20.7. The van der Waals surface area contributed by atoms with E-state index in [1.165, 1.54) is 51.4 Å². The third kappa shape index (κ3) is 10.6. The van der Waals surface area contributed by atoms with Crippen LogP contribution in [0, 0.1) is 22.7 Å². The molecular weight excluding hydrogens is 557 g/mol. The quantitative estimate of drug-likeness (QED) is 0.120. The highest BCUT2D eigenvalue weighted by Gasteiger charge is 2.28. The molecule has 0 N–H and O–H groups in total. The van der Waals surface area contributed by atoms with E-state index < -0.39 is 0 Å². The van der Waals surface area contributed by atoms with Crippen molar-refractivity contribution in [2.45, 2.75) is 110 Å². The number of hydrogen-bond acceptors (Lipinski definition) is 6. The van der Waals surface area contributed by atoms with Crippen molar-refractivity contribution in [3.05, 3.63) is 71.8 Å². The lowest BCUT2D eigenvalue weighted by Gasteiger charge is -2.22. The lowest BCUT2D eigenvalue weighted by atomic mass is 10.1. The van der Waals surface area contributed by atoms with Crippen molar-refractivity contribution in [2.75, 3.05) is 13.2 Å². The van der Waals surface area contributed by atoms with Gasteiger partial charge in [0, 0.05) is 9.79 Å². The van der Waals surface area contributed by atoms with E-state index in [4.69, 9.17) is 9.47 Å². The Kier molecular flexibility index (Phi) is 15.9. The van der Waals surface area contributed by atoms with Crippen molar-refractivity contribution in [1.29, 1.82) is 10.5 Å². The summed E-state index contributed by atoms with van der Waals surface area (Å²) in [7, 11) is 0. The number of nitriles is 2. The number of nitrogens with zero attached hydrogens (tertiary/aromatic N) is 2. The average Bonchev–Trinajstić information content (AvgIpc) is 3.02. The van der Waals surface area contributed by atoms with Gasteiger partial charge in [-0.05, 0) is 37.1 Å². The van der Waals surface area contributed by atoms with E-state index in [-0.39, 0.29) is 11.1 Å². The third-order valence-corrected chi connectivity index (χ3v) is 9.29. The van der Waals surface area contributed by atoms with Crippen molar-refractivity contribution >= 4 is 23.5 Å². The second-order valence-electron chi connectivity index (χ2n) is 10.4. The fraction of sp³-hybridized carbons (Fsp3) is 0.444. The summed E-state index contributed by atoms with van der Waals surface area (Å²) in [5.74, 6) is 0.976. The molecule has 0 radical (unpaired) electrons. The molecule has 6 heteroatoms. The molecule has 0 aliphatic carbocycles. The minimum absolute atomic E-state index is 0.261. The summed E-state index contributed by atoms with van der Waals surface area (Å²) >= 11 is 3.13. The summed E-state index contributed by atoms with van der Waals surface area (Å²) in [5, 5.41) is 20.7. The maximum Gasteiger partial charge on any atom is 0.153 e. The fourth-order valence-electron chi connectivity index (χ4n) is 4.66. The van der Waals surface area contributed by atoms with Crippen molar-refractivity contribution in [3.8, 4) is 23.6 Å². The molecule has 4 nitrogen and oxygen atoms in total. The van der Waals surface area contributed by atoms with Gasteiger partial charge in [-0.15, -0.1) is 0 Å². The van der Waals surface area contributed by atoms with Crippen molar-refractivity contribution in [1.82, 2.24) is 0 Å². The molecule has 0 amide bonds. The summed E-state index contributed by atoms with van der Waals surface area (Å²) in [5.41, 5.74) is 0.523. The van der Waals surface area contributed by atoms with Gasteiger partial charge >= 0.3 is 0 Å². The van der Waals surface area contributed by atoms with Crippen LogP contribution in [0.5, 0.6) is 11.5 Å². The summed E-state index contributed by atoms with van der Waals surface area (Å²) in [6, 6.07) is 24.9. The molecule has 0 fully saturated rings. The lowest BCUT2D eigenvalue weighted by molar-refractivity contribution is 0.282. The minimum atomic E-state index is 0.261. The highest BCUT2D eigenvalue weighted by molar-refractivity contribution is 8.02. The third-order valence-electron chi connectivity index (χ3n) is 6.96. The minimum Gasteiger partial charge on any atom is -0.491 e. The summed E-state index contributed by atoms with van der Waals surface area (Å²) in [6.45, 7) is 5.44. The van der Waals surface area contributed by atoms with E-state index in [0.717, 1.165) is 45.3 Å². The number of unbranched alkanes of at least 4 members (excludes halogenated alkanes) is 10. The first kappa shape index (κ1) is 33.4. The monoisotopic (exact) mass is 600 g/mol. The van der Waals surface area contributed by atoms with E-state index in [2.05, 4.69) is 50.3 Å². The fourth-order valence-corrected chi connectivity index (χ4v) is 6.85. The van der Waals surface area contributed by atoms with Gasteiger partial charge in [0.1, 0.15) is 23.3 Å². The van der Waals surface area contributed by atoms with Gasteiger partial charge in [0.25, 0.3) is 0 Å².